The Kier molecular flexibility index (Phi) is 12.7. The number of carbonyl (C=O) groups excluding carboxylic acids is 1. The van der Waals surface area contributed by atoms with Gasteiger partial charge in [0.05, 0.1) is 26.4 Å². The predicted octanol–water partition coefficient (Wildman–Crippen LogP) is 4.08. The van der Waals surface area contributed by atoms with Gasteiger partial charge in [0.2, 0.25) is 17.8 Å². The molecular weight excluding hydrogens is 539 g/mol. The molecule has 1 heterocycles. The zero-order valence-electron chi connectivity index (χ0n) is 23.9. The summed E-state index contributed by atoms with van der Waals surface area (Å²) < 4.78 is 24.3. The average Bonchev–Trinajstić information content (AvgIpc) is 3.01. The topological polar surface area (TPSA) is 148 Å². The van der Waals surface area contributed by atoms with Crippen LogP contribution >= 0.6 is 0 Å². The van der Waals surface area contributed by atoms with Crippen LogP contribution < -0.4 is 27.0 Å². The van der Waals surface area contributed by atoms with E-state index >= 15 is 0 Å². The predicted molar refractivity (Wildman–Crippen MR) is 161 cm³/mol. The molecule has 0 bridgehead atoms. The number of hydrogen-bond acceptors (Lipinski definition) is 10. The van der Waals surface area contributed by atoms with Crippen LogP contribution in [-0.4, -0.2) is 66.9 Å². The number of hydrogen-bond donors (Lipinski definition) is 5. The van der Waals surface area contributed by atoms with Gasteiger partial charge < -0.3 is 36.5 Å². The number of carbonyl (C=O) groups is 1. The first-order chi connectivity index (χ1) is 20.6. The Labute approximate surface area is 246 Å². The molecule has 11 nitrogen and oxygen atoms in total. The summed E-state index contributed by atoms with van der Waals surface area (Å²) in [7, 11) is 0. The third-order valence-corrected chi connectivity index (χ3v) is 6.82. The molecule has 1 aromatic heterocycles. The summed E-state index contributed by atoms with van der Waals surface area (Å²) in [6.45, 7) is 3.85. The fourth-order valence-corrected chi connectivity index (χ4v) is 4.62. The SMILES string of the molecule is NCCOCCOCCNC(=O)c1ccc(Nc2nc(NCc3cccc(F)c3)nc(NCC3CCCCC3)n2)cc1. The van der Waals surface area contributed by atoms with Crippen molar-refractivity contribution in [1.29, 1.82) is 0 Å². The van der Waals surface area contributed by atoms with Gasteiger partial charge in [-0.15, -0.1) is 0 Å². The Morgan fingerprint density at radius 2 is 1.60 bits per heavy atom. The monoisotopic (exact) mass is 580 g/mol. The van der Waals surface area contributed by atoms with Crippen LogP contribution in [0.5, 0.6) is 0 Å². The lowest BCUT2D eigenvalue weighted by atomic mass is 9.89. The molecule has 0 saturated heterocycles. The maximum absolute atomic E-state index is 13.6. The molecule has 12 heteroatoms. The molecule has 0 spiro atoms. The van der Waals surface area contributed by atoms with E-state index in [0.29, 0.717) is 81.1 Å². The quantitative estimate of drug-likeness (QED) is 0.148. The summed E-state index contributed by atoms with van der Waals surface area (Å²) in [5, 5.41) is 12.6. The van der Waals surface area contributed by atoms with E-state index in [4.69, 9.17) is 15.2 Å². The minimum Gasteiger partial charge on any atom is -0.378 e. The number of nitrogens with zero attached hydrogens (tertiary/aromatic N) is 3. The van der Waals surface area contributed by atoms with Crippen molar-refractivity contribution >= 4 is 29.4 Å². The highest BCUT2D eigenvalue weighted by atomic mass is 19.1. The molecule has 0 aliphatic heterocycles. The molecule has 1 amide bonds. The molecule has 4 rings (SSSR count). The van der Waals surface area contributed by atoms with Gasteiger partial charge in [0, 0.05) is 37.4 Å². The summed E-state index contributed by atoms with van der Waals surface area (Å²) in [6, 6.07) is 13.4. The summed E-state index contributed by atoms with van der Waals surface area (Å²) in [5.41, 5.74) is 7.38. The largest absolute Gasteiger partial charge is 0.378 e. The number of rotatable bonds is 17. The van der Waals surface area contributed by atoms with Crippen LogP contribution in [0.1, 0.15) is 48.0 Å². The molecule has 1 aliphatic carbocycles. The van der Waals surface area contributed by atoms with Crippen LogP contribution in [0.25, 0.3) is 0 Å². The lowest BCUT2D eigenvalue weighted by Gasteiger charge is -2.21. The van der Waals surface area contributed by atoms with Crippen molar-refractivity contribution in [1.82, 2.24) is 20.3 Å². The van der Waals surface area contributed by atoms with Crippen molar-refractivity contribution in [2.24, 2.45) is 11.7 Å². The normalized spacial score (nSPS) is 13.5. The van der Waals surface area contributed by atoms with Crippen molar-refractivity contribution in [2.45, 2.75) is 38.6 Å². The lowest BCUT2D eigenvalue weighted by Crippen LogP contribution is -2.27. The number of anilines is 4. The molecule has 1 fully saturated rings. The zero-order valence-corrected chi connectivity index (χ0v) is 23.9. The second kappa shape index (κ2) is 17.2. The van der Waals surface area contributed by atoms with E-state index in [2.05, 4.69) is 36.2 Å². The van der Waals surface area contributed by atoms with Gasteiger partial charge >= 0.3 is 0 Å². The fourth-order valence-electron chi connectivity index (χ4n) is 4.62. The molecular formula is C30H41FN8O3. The van der Waals surface area contributed by atoms with Gasteiger partial charge in [0.1, 0.15) is 5.82 Å². The van der Waals surface area contributed by atoms with Crippen molar-refractivity contribution < 1.29 is 18.7 Å². The molecule has 1 aliphatic rings. The van der Waals surface area contributed by atoms with Crippen LogP contribution in [-0.2, 0) is 16.0 Å². The number of aromatic nitrogens is 3. The minimum atomic E-state index is -0.295. The van der Waals surface area contributed by atoms with Crippen molar-refractivity contribution in [3.05, 3.63) is 65.5 Å². The lowest BCUT2D eigenvalue weighted by molar-refractivity contribution is 0.0511. The highest BCUT2D eigenvalue weighted by Gasteiger charge is 2.15. The Morgan fingerprint density at radius 1 is 0.881 bits per heavy atom. The molecule has 1 saturated carbocycles. The second-order valence-electron chi connectivity index (χ2n) is 10.1. The van der Waals surface area contributed by atoms with Gasteiger partial charge in [-0.2, -0.15) is 15.0 Å². The zero-order chi connectivity index (χ0) is 29.4. The number of ether oxygens (including phenoxy) is 2. The number of nitrogens with two attached hydrogens (primary N) is 1. The van der Waals surface area contributed by atoms with E-state index in [9.17, 15) is 9.18 Å². The standard InChI is InChI=1S/C30H41FN8O3/c31-25-8-4-7-23(19-25)21-35-29-37-28(34-20-22-5-2-1-3-6-22)38-30(39-29)36-26-11-9-24(10-12-26)27(40)33-14-16-42-18-17-41-15-13-32/h4,7-12,19,22H,1-3,5-6,13-18,20-21,32H2,(H,33,40)(H3,34,35,36,37,38,39). The number of nitrogens with one attached hydrogen (secondary N) is 4. The van der Waals surface area contributed by atoms with Crippen molar-refractivity contribution in [3.8, 4) is 0 Å². The summed E-state index contributed by atoms with van der Waals surface area (Å²) >= 11 is 0. The fraction of sp³-hybridized carbons (Fsp3) is 0.467. The Morgan fingerprint density at radius 3 is 2.33 bits per heavy atom. The van der Waals surface area contributed by atoms with Gasteiger partial charge in [0.15, 0.2) is 0 Å². The Bertz CT molecular complexity index is 1240. The molecule has 3 aromatic rings. The van der Waals surface area contributed by atoms with Crippen LogP contribution in [0.3, 0.4) is 0 Å². The first-order valence-electron chi connectivity index (χ1n) is 14.6. The smallest absolute Gasteiger partial charge is 0.251 e. The third kappa shape index (κ3) is 10.8. The van der Waals surface area contributed by atoms with E-state index in [-0.39, 0.29) is 11.7 Å². The molecule has 0 radical (unpaired) electrons. The van der Waals surface area contributed by atoms with Gasteiger partial charge in [-0.25, -0.2) is 4.39 Å². The van der Waals surface area contributed by atoms with E-state index in [1.807, 2.05) is 6.07 Å². The summed E-state index contributed by atoms with van der Waals surface area (Å²) in [6.07, 6.45) is 6.20. The second-order valence-corrected chi connectivity index (χ2v) is 10.1. The molecule has 6 N–H and O–H groups in total. The molecule has 2 aromatic carbocycles. The van der Waals surface area contributed by atoms with E-state index in [0.717, 1.165) is 12.1 Å². The highest BCUT2D eigenvalue weighted by Crippen LogP contribution is 2.24. The van der Waals surface area contributed by atoms with Crippen LogP contribution in [0.2, 0.25) is 0 Å². The third-order valence-electron chi connectivity index (χ3n) is 6.82. The van der Waals surface area contributed by atoms with E-state index in [1.165, 1.54) is 44.2 Å². The van der Waals surface area contributed by atoms with Crippen LogP contribution in [0, 0.1) is 11.7 Å². The number of halogens is 1. The Balaban J connectivity index is 1.33. The molecule has 226 valence electrons. The minimum absolute atomic E-state index is 0.192. The summed E-state index contributed by atoms with van der Waals surface area (Å²) in [4.78, 5) is 26.1. The van der Waals surface area contributed by atoms with E-state index in [1.54, 1.807) is 30.3 Å². The van der Waals surface area contributed by atoms with E-state index < -0.39 is 0 Å². The summed E-state index contributed by atoms with van der Waals surface area (Å²) in [5.74, 6) is 1.29. The molecule has 0 unspecified atom stereocenters. The first kappa shape index (κ1) is 31.1. The van der Waals surface area contributed by atoms with Gasteiger partial charge in [-0.05, 0) is 60.7 Å². The van der Waals surface area contributed by atoms with Crippen molar-refractivity contribution in [3.63, 3.8) is 0 Å². The highest BCUT2D eigenvalue weighted by molar-refractivity contribution is 5.94. The van der Waals surface area contributed by atoms with Gasteiger partial charge in [-0.3, -0.25) is 4.79 Å². The number of amides is 1. The first-order valence-corrected chi connectivity index (χ1v) is 14.6. The van der Waals surface area contributed by atoms with Crippen LogP contribution in [0.4, 0.5) is 27.9 Å². The molecule has 0 atom stereocenters. The molecule has 42 heavy (non-hydrogen) atoms. The van der Waals surface area contributed by atoms with Crippen LogP contribution in [0.15, 0.2) is 48.5 Å². The maximum Gasteiger partial charge on any atom is 0.251 e. The number of benzene rings is 2. The average molecular weight is 581 g/mol. The van der Waals surface area contributed by atoms with Gasteiger partial charge in [-0.1, -0.05) is 31.4 Å². The van der Waals surface area contributed by atoms with Gasteiger partial charge in [0.25, 0.3) is 5.91 Å². The van der Waals surface area contributed by atoms with Crippen molar-refractivity contribution in [2.75, 3.05) is 62.0 Å². The Hall–Kier alpha value is -3.87. The maximum atomic E-state index is 13.6.